The van der Waals surface area contributed by atoms with Crippen LogP contribution in [0.2, 0.25) is 0 Å². The summed E-state index contributed by atoms with van der Waals surface area (Å²) in [6.45, 7) is 5.33. The number of methoxy groups -OCH3 is 3. The van der Waals surface area contributed by atoms with Crippen LogP contribution in [0.4, 0.5) is 0 Å². The van der Waals surface area contributed by atoms with Gasteiger partial charge in [-0.3, -0.25) is 9.59 Å². The SMILES string of the molecule is COC(=O)C1=C(C)N=C2SC=C(CC(=O)N3CCN(C(C)=O)CC3)N2C1c1ccc(OC)cc1OC. The number of benzene rings is 1. The molecule has 10 nitrogen and oxygen atoms in total. The number of hydrogen-bond acceptors (Lipinski definition) is 9. The summed E-state index contributed by atoms with van der Waals surface area (Å²) in [5.74, 6) is 0.628. The van der Waals surface area contributed by atoms with Gasteiger partial charge in [0.1, 0.15) is 11.5 Å². The highest BCUT2D eigenvalue weighted by Crippen LogP contribution is 2.47. The van der Waals surface area contributed by atoms with Crippen molar-refractivity contribution in [1.82, 2.24) is 14.7 Å². The van der Waals surface area contributed by atoms with E-state index in [4.69, 9.17) is 14.2 Å². The third-order valence-electron chi connectivity index (χ3n) is 6.55. The van der Waals surface area contributed by atoms with E-state index in [0.29, 0.717) is 54.1 Å². The lowest BCUT2D eigenvalue weighted by atomic mass is 9.93. The van der Waals surface area contributed by atoms with E-state index in [0.717, 1.165) is 11.3 Å². The quantitative estimate of drug-likeness (QED) is 0.534. The number of amidine groups is 1. The molecule has 0 aromatic heterocycles. The minimum Gasteiger partial charge on any atom is -0.497 e. The van der Waals surface area contributed by atoms with Crippen LogP contribution in [0.5, 0.6) is 11.5 Å². The van der Waals surface area contributed by atoms with Crippen LogP contribution in [0.25, 0.3) is 0 Å². The molecule has 11 heteroatoms. The van der Waals surface area contributed by atoms with Crippen molar-refractivity contribution < 1.29 is 28.6 Å². The van der Waals surface area contributed by atoms with E-state index in [1.807, 2.05) is 16.4 Å². The Morgan fingerprint density at radius 2 is 1.75 bits per heavy atom. The molecule has 0 radical (unpaired) electrons. The van der Waals surface area contributed by atoms with Crippen LogP contribution in [0.1, 0.15) is 31.9 Å². The third kappa shape index (κ3) is 4.79. The fourth-order valence-corrected chi connectivity index (χ4v) is 5.58. The van der Waals surface area contributed by atoms with Crippen LogP contribution >= 0.6 is 11.8 Å². The number of aliphatic imine (C=N–C) groups is 1. The highest BCUT2D eigenvalue weighted by molar-refractivity contribution is 8.16. The van der Waals surface area contributed by atoms with Crippen LogP contribution in [0.15, 0.2) is 45.6 Å². The molecule has 4 rings (SSSR count). The lowest BCUT2D eigenvalue weighted by molar-refractivity contribution is -0.138. The predicted molar refractivity (Wildman–Crippen MR) is 135 cm³/mol. The molecule has 192 valence electrons. The number of nitrogens with zero attached hydrogens (tertiary/aromatic N) is 4. The van der Waals surface area contributed by atoms with Crippen molar-refractivity contribution in [3.8, 4) is 11.5 Å². The van der Waals surface area contributed by atoms with E-state index in [-0.39, 0.29) is 18.2 Å². The maximum atomic E-state index is 13.3. The number of thioether (sulfide) groups is 1. The highest BCUT2D eigenvalue weighted by Gasteiger charge is 2.42. The first-order chi connectivity index (χ1) is 17.3. The first-order valence-corrected chi connectivity index (χ1v) is 12.4. The average Bonchev–Trinajstić information content (AvgIpc) is 3.28. The third-order valence-corrected chi connectivity index (χ3v) is 7.44. The van der Waals surface area contributed by atoms with Crippen LogP contribution < -0.4 is 9.47 Å². The Kier molecular flexibility index (Phi) is 7.58. The maximum Gasteiger partial charge on any atom is 0.338 e. The molecule has 1 unspecified atom stereocenters. The summed E-state index contributed by atoms with van der Waals surface area (Å²) >= 11 is 1.41. The van der Waals surface area contributed by atoms with Gasteiger partial charge in [0.25, 0.3) is 0 Å². The summed E-state index contributed by atoms with van der Waals surface area (Å²) in [7, 11) is 4.47. The molecule has 1 fully saturated rings. The van der Waals surface area contributed by atoms with Crippen LogP contribution in [0.3, 0.4) is 0 Å². The summed E-state index contributed by atoms with van der Waals surface area (Å²) in [4.78, 5) is 47.9. The Morgan fingerprint density at radius 3 is 2.36 bits per heavy atom. The zero-order chi connectivity index (χ0) is 26.0. The second-order valence-corrected chi connectivity index (χ2v) is 9.39. The maximum absolute atomic E-state index is 13.3. The minimum absolute atomic E-state index is 0.0138. The lowest BCUT2D eigenvalue weighted by Gasteiger charge is -2.38. The van der Waals surface area contributed by atoms with E-state index < -0.39 is 12.0 Å². The van der Waals surface area contributed by atoms with Gasteiger partial charge in [0.2, 0.25) is 11.8 Å². The Balaban J connectivity index is 1.67. The Hall–Kier alpha value is -3.47. The first kappa shape index (κ1) is 25.6. The summed E-state index contributed by atoms with van der Waals surface area (Å²) in [5, 5.41) is 2.58. The van der Waals surface area contributed by atoms with E-state index in [1.165, 1.54) is 25.8 Å². The van der Waals surface area contributed by atoms with Gasteiger partial charge in [-0.1, -0.05) is 11.8 Å². The molecule has 2 amide bonds. The molecule has 1 atom stereocenters. The van der Waals surface area contributed by atoms with Gasteiger partial charge in [-0.05, 0) is 24.5 Å². The van der Waals surface area contributed by atoms with E-state index in [2.05, 4.69) is 4.99 Å². The number of fused-ring (bicyclic) bond motifs is 1. The van der Waals surface area contributed by atoms with Crippen molar-refractivity contribution >= 4 is 34.7 Å². The highest BCUT2D eigenvalue weighted by atomic mass is 32.2. The Bertz CT molecular complexity index is 1170. The van der Waals surface area contributed by atoms with Crippen molar-refractivity contribution in [3.05, 3.63) is 46.1 Å². The predicted octanol–water partition coefficient (Wildman–Crippen LogP) is 2.53. The van der Waals surface area contributed by atoms with E-state index >= 15 is 0 Å². The molecule has 0 saturated carbocycles. The fraction of sp³-hybridized carbons (Fsp3) is 0.440. The topological polar surface area (TPSA) is 101 Å². The zero-order valence-electron chi connectivity index (χ0n) is 21.1. The number of amides is 2. The molecule has 36 heavy (non-hydrogen) atoms. The molecule has 1 aromatic carbocycles. The lowest BCUT2D eigenvalue weighted by Crippen LogP contribution is -2.50. The number of rotatable bonds is 6. The molecular weight excluding hydrogens is 484 g/mol. The number of carbonyl (C=O) groups is 3. The van der Waals surface area contributed by atoms with Gasteiger partial charge in [0, 0.05) is 50.4 Å². The summed E-state index contributed by atoms with van der Waals surface area (Å²) in [6.07, 6.45) is 0.133. The van der Waals surface area contributed by atoms with Crippen molar-refractivity contribution in [1.29, 1.82) is 0 Å². The van der Waals surface area contributed by atoms with E-state index in [1.54, 1.807) is 43.1 Å². The van der Waals surface area contributed by atoms with Gasteiger partial charge in [-0.2, -0.15) is 0 Å². The molecule has 3 aliphatic heterocycles. The fourth-order valence-electron chi connectivity index (χ4n) is 4.62. The molecule has 0 aliphatic carbocycles. The van der Waals surface area contributed by atoms with Gasteiger partial charge in [0.05, 0.1) is 45.1 Å². The van der Waals surface area contributed by atoms with Crippen LogP contribution in [-0.4, -0.2) is 85.2 Å². The number of ether oxygens (including phenoxy) is 3. The van der Waals surface area contributed by atoms with Gasteiger partial charge < -0.3 is 28.9 Å². The summed E-state index contributed by atoms with van der Waals surface area (Å²) in [5.41, 5.74) is 2.38. The molecule has 1 saturated heterocycles. The molecular formula is C25H30N4O6S. The summed E-state index contributed by atoms with van der Waals surface area (Å²) in [6, 6.07) is 4.82. The van der Waals surface area contributed by atoms with E-state index in [9.17, 15) is 14.4 Å². The minimum atomic E-state index is -0.602. The average molecular weight is 515 g/mol. The summed E-state index contributed by atoms with van der Waals surface area (Å²) < 4.78 is 16.2. The number of carbonyl (C=O) groups excluding carboxylic acids is 3. The van der Waals surface area contributed by atoms with Gasteiger partial charge in [-0.15, -0.1) is 0 Å². The van der Waals surface area contributed by atoms with Crippen molar-refractivity contribution in [2.75, 3.05) is 47.5 Å². The van der Waals surface area contributed by atoms with Crippen molar-refractivity contribution in [3.63, 3.8) is 0 Å². The van der Waals surface area contributed by atoms with Gasteiger partial charge in [0.15, 0.2) is 5.17 Å². The number of allylic oxidation sites excluding steroid dienone is 1. The molecule has 3 heterocycles. The standard InChI is InChI=1S/C25H30N4O6S/c1-15-22(24(32)35-5)23(19-7-6-18(33-3)13-20(19)34-4)29-17(14-36-25(29)26-15)12-21(31)28-10-8-27(9-11-28)16(2)30/h6-7,13-14,23H,8-12H2,1-5H3. The molecule has 0 bridgehead atoms. The second kappa shape index (κ2) is 10.7. The molecule has 0 spiro atoms. The zero-order valence-corrected chi connectivity index (χ0v) is 21.9. The van der Waals surface area contributed by atoms with Crippen LogP contribution in [-0.2, 0) is 19.1 Å². The number of esters is 1. The largest absolute Gasteiger partial charge is 0.497 e. The molecule has 0 N–H and O–H groups in total. The monoisotopic (exact) mass is 514 g/mol. The van der Waals surface area contributed by atoms with Crippen molar-refractivity contribution in [2.24, 2.45) is 4.99 Å². The number of piperazine rings is 1. The van der Waals surface area contributed by atoms with Crippen molar-refractivity contribution in [2.45, 2.75) is 26.3 Å². The first-order valence-electron chi connectivity index (χ1n) is 11.6. The Labute approximate surface area is 214 Å². The van der Waals surface area contributed by atoms with Gasteiger partial charge >= 0.3 is 5.97 Å². The normalized spacial score (nSPS) is 19.5. The van der Waals surface area contributed by atoms with Crippen LogP contribution in [0, 0.1) is 0 Å². The molecule has 1 aromatic rings. The molecule has 3 aliphatic rings. The van der Waals surface area contributed by atoms with Gasteiger partial charge in [-0.25, -0.2) is 9.79 Å². The second-order valence-electron chi connectivity index (χ2n) is 8.56. The Morgan fingerprint density at radius 1 is 1.06 bits per heavy atom. The smallest absolute Gasteiger partial charge is 0.338 e. The number of hydrogen-bond donors (Lipinski definition) is 0.